The average molecular weight is 130 g/mol. The Morgan fingerprint density at radius 3 is 2.33 bits per heavy atom. The maximum atomic E-state index is 10.2. The molecule has 0 saturated carbocycles. The minimum Gasteiger partial charge on any atom is -0.316 e. The highest BCUT2D eigenvalue weighted by molar-refractivity contribution is 8.13. The minimum absolute atomic E-state index is 0.977. The molecule has 0 aliphatic carbocycles. The third-order valence-electron chi connectivity index (χ3n) is 0.100. The van der Waals surface area contributed by atoms with Crippen molar-refractivity contribution in [2.45, 2.75) is 0 Å². The van der Waals surface area contributed by atoms with Crippen molar-refractivity contribution in [1.82, 2.24) is 0 Å². The summed E-state index contributed by atoms with van der Waals surface area (Å²) >= 11 is 0. The van der Waals surface area contributed by atoms with Crippen LogP contribution in [0, 0.1) is 0 Å². The van der Waals surface area contributed by atoms with Gasteiger partial charge in [0.15, 0.2) is 0 Å². The molecule has 0 spiro atoms. The first-order valence-electron chi connectivity index (χ1n) is 1.75. The molecule has 0 aromatic carbocycles. The van der Waals surface area contributed by atoms with Crippen molar-refractivity contribution in [3.8, 4) is 0 Å². The monoisotopic (exact) mass is 130 g/mol. The van der Waals surface area contributed by atoms with Gasteiger partial charge in [-0.1, -0.05) is 0 Å². The summed E-state index contributed by atoms with van der Waals surface area (Å²) in [6, 6.07) is 0. The van der Waals surface area contributed by atoms with Crippen molar-refractivity contribution >= 4 is 15.4 Å². The van der Waals surface area contributed by atoms with Crippen LogP contribution in [0.3, 0.4) is 0 Å². The van der Waals surface area contributed by atoms with Crippen molar-refractivity contribution in [3.05, 3.63) is 0 Å². The van der Waals surface area contributed by atoms with Gasteiger partial charge < -0.3 is 9.79 Å². The Morgan fingerprint density at radius 1 is 1.83 bits per heavy atom. The normalized spacial score (nSPS) is 16.7. The molecular formula is H2O4P2. The molecule has 0 radical (unpaired) electrons. The highest BCUT2D eigenvalue weighted by Gasteiger charge is 2.09. The molecule has 0 amide bonds. The highest BCUT2D eigenvalue weighted by Crippen LogP contribution is 2.48. The van der Waals surface area contributed by atoms with Gasteiger partial charge in [0.2, 0.25) is 2.86 Å². The fourth-order valence-electron chi connectivity index (χ4n) is 0. The van der Waals surface area contributed by atoms with Crippen LogP contribution in [0.4, 0.5) is 0 Å². The zero-order valence-corrected chi connectivity index (χ0v) is 4.32. The summed E-state index contributed by atoms with van der Waals surface area (Å²) in [7, 11) is -4.89. The van der Waals surface area contributed by atoms with Crippen molar-refractivity contribution in [2.24, 2.45) is 0 Å². The molecule has 0 saturated heterocycles. The SMILES string of the molecule is [2H]OP(=O)(O[2H])P=O. The van der Waals surface area contributed by atoms with E-state index in [4.69, 9.17) is 2.86 Å². The van der Waals surface area contributed by atoms with Crippen LogP contribution >= 0.6 is 15.4 Å². The van der Waals surface area contributed by atoms with Gasteiger partial charge in [-0.3, -0.25) is 4.57 Å². The summed E-state index contributed by atoms with van der Waals surface area (Å²) < 4.78 is 31.7. The van der Waals surface area contributed by atoms with Crippen LogP contribution in [-0.4, -0.2) is 12.7 Å². The largest absolute Gasteiger partial charge is 0.414 e. The molecule has 6 heteroatoms. The zero-order chi connectivity index (χ0) is 6.62. The topological polar surface area (TPSA) is 74.6 Å². The smallest absolute Gasteiger partial charge is 0.316 e. The van der Waals surface area contributed by atoms with Gasteiger partial charge in [0, 0.05) is 0 Å². The fourth-order valence-corrected chi connectivity index (χ4v) is 0. The molecule has 0 aliphatic heterocycles. The lowest BCUT2D eigenvalue weighted by Crippen LogP contribution is -1.55. The van der Waals surface area contributed by atoms with E-state index in [0.717, 1.165) is 0 Å². The zero-order valence-electron chi connectivity index (χ0n) is 4.53. The van der Waals surface area contributed by atoms with E-state index in [1.54, 1.807) is 0 Å². The lowest BCUT2D eigenvalue weighted by molar-refractivity contribution is 0.393. The minimum atomic E-state index is -3.91. The van der Waals surface area contributed by atoms with Gasteiger partial charge in [0.25, 0.3) is 8.15 Å². The van der Waals surface area contributed by atoms with E-state index in [2.05, 4.69) is 9.79 Å². The first-order valence-corrected chi connectivity index (χ1v) is 3.99. The Kier molecular flexibility index (Phi) is 0.985. The van der Waals surface area contributed by atoms with Crippen molar-refractivity contribution < 1.29 is 18.9 Å². The van der Waals surface area contributed by atoms with Gasteiger partial charge in [0.1, 0.15) is 0 Å². The van der Waals surface area contributed by atoms with Crippen LogP contribution in [0.2, 0.25) is 0 Å². The van der Waals surface area contributed by atoms with Crippen LogP contribution < -0.4 is 0 Å². The van der Waals surface area contributed by atoms with E-state index in [1.807, 2.05) is 0 Å². The molecule has 36 valence electrons. The maximum Gasteiger partial charge on any atom is 0.414 e. The Labute approximate surface area is 38.4 Å². The maximum absolute atomic E-state index is 10.2. The molecule has 0 atom stereocenters. The standard InChI is InChI=1S/H2O4P2/c1-5-6(2,3)4/h(H2,2,3,4)/i/hD2. The molecule has 6 heavy (non-hydrogen) atoms. The van der Waals surface area contributed by atoms with Gasteiger partial charge in [0.05, 0.1) is 0 Å². The Bertz CT molecular complexity index is 113. The second-order valence-electron chi connectivity index (χ2n) is 0.550. The highest BCUT2D eigenvalue weighted by atomic mass is 32.1. The van der Waals surface area contributed by atoms with Crippen LogP contribution in [0.5, 0.6) is 0 Å². The van der Waals surface area contributed by atoms with Crippen molar-refractivity contribution in [3.63, 3.8) is 0 Å². The van der Waals surface area contributed by atoms with E-state index in [-0.39, 0.29) is 0 Å². The van der Waals surface area contributed by atoms with Gasteiger partial charge in [-0.25, -0.2) is 4.57 Å². The van der Waals surface area contributed by atoms with Crippen molar-refractivity contribution in [2.75, 3.05) is 0 Å². The number of hydrogen-bond donors (Lipinski definition) is 2. The van der Waals surface area contributed by atoms with Crippen LogP contribution in [0.1, 0.15) is 0 Å². The first-order chi connectivity index (χ1) is 3.68. The van der Waals surface area contributed by atoms with E-state index in [1.165, 1.54) is 0 Å². The van der Waals surface area contributed by atoms with Crippen LogP contribution in [-0.2, 0) is 9.13 Å². The Hall–Kier alpha value is 0.250. The van der Waals surface area contributed by atoms with Gasteiger partial charge in [-0.2, -0.15) is 0 Å². The molecule has 0 bridgehead atoms. The van der Waals surface area contributed by atoms with E-state index >= 15 is 0 Å². The molecule has 4 nitrogen and oxygen atoms in total. The molecule has 0 rings (SSSR count). The van der Waals surface area contributed by atoms with E-state index in [0.29, 0.717) is 0 Å². The van der Waals surface area contributed by atoms with Crippen molar-refractivity contribution in [1.29, 1.82) is 2.86 Å². The molecule has 0 fully saturated rings. The first kappa shape index (κ1) is 3.28. The summed E-state index contributed by atoms with van der Waals surface area (Å²) in [5.41, 5.74) is 0. The summed E-state index contributed by atoms with van der Waals surface area (Å²) in [5.74, 6) is 0. The lowest BCUT2D eigenvalue weighted by Gasteiger charge is -1.81. The lowest BCUT2D eigenvalue weighted by atomic mass is 15.8. The Balaban J connectivity index is 3.99. The molecular weight excluding hydrogens is 126 g/mol. The predicted molar refractivity (Wildman–Crippen MR) is 19.7 cm³/mol. The summed E-state index contributed by atoms with van der Waals surface area (Å²) in [6.45, 7) is 0. The average Bonchev–Trinajstić information content (AvgIpc) is 1.87. The van der Waals surface area contributed by atoms with Crippen LogP contribution in [0.15, 0.2) is 0 Å². The van der Waals surface area contributed by atoms with Gasteiger partial charge in [-0.15, -0.1) is 0 Å². The fraction of sp³-hybridized carbons (Fsp3) is 0. The quantitative estimate of drug-likeness (QED) is 0.541. The number of hydrogen-bond acceptors (Lipinski definition) is 4. The van der Waals surface area contributed by atoms with Gasteiger partial charge >= 0.3 is 7.28 Å². The molecule has 2 N–H and O–H groups in total. The Morgan fingerprint density at radius 2 is 2.33 bits per heavy atom. The second-order valence-corrected chi connectivity index (χ2v) is 3.61. The number of rotatable bonds is 3. The summed E-state index contributed by atoms with van der Waals surface area (Å²) in [5, 5.41) is 0. The van der Waals surface area contributed by atoms with E-state index < -0.39 is 15.4 Å². The van der Waals surface area contributed by atoms with E-state index in [9.17, 15) is 9.13 Å². The second kappa shape index (κ2) is 1.80. The molecule has 0 heterocycles. The summed E-state index contributed by atoms with van der Waals surface area (Å²) in [4.78, 5) is 6.61. The molecule has 0 aliphatic rings. The molecule has 0 aromatic heterocycles. The van der Waals surface area contributed by atoms with Gasteiger partial charge in [-0.05, 0) is 0 Å². The molecule has 0 unspecified atom stereocenters. The predicted octanol–water partition coefficient (Wildman–Crippen LogP) is 0.371. The molecule has 0 aromatic rings. The summed E-state index contributed by atoms with van der Waals surface area (Å²) in [6.07, 6.45) is 0. The third kappa shape index (κ3) is 4.25. The third-order valence-corrected chi connectivity index (χ3v) is 0.900. The van der Waals surface area contributed by atoms with Crippen LogP contribution in [0.25, 0.3) is 0 Å².